The first-order valence-electron chi connectivity index (χ1n) is 5.04. The average molecular weight is 279 g/mol. The normalized spacial score (nSPS) is 9.89. The molecule has 0 amide bonds. The van der Waals surface area contributed by atoms with Gasteiger partial charge in [-0.05, 0) is 35.9 Å². The molecule has 1 heterocycles. The number of hydrogen-bond donors (Lipinski definition) is 0. The van der Waals surface area contributed by atoms with Crippen LogP contribution in [0, 0.1) is 11.3 Å². The van der Waals surface area contributed by atoms with Crippen molar-refractivity contribution in [3.63, 3.8) is 0 Å². The number of hydrogen-bond acceptors (Lipinski definition) is 4. The van der Waals surface area contributed by atoms with Crippen LogP contribution in [0.1, 0.15) is 5.56 Å². The second kappa shape index (κ2) is 5.21. The van der Waals surface area contributed by atoms with Gasteiger partial charge in [0, 0.05) is 18.9 Å². The van der Waals surface area contributed by atoms with Crippen molar-refractivity contribution < 1.29 is 0 Å². The second-order valence-corrected chi connectivity index (χ2v) is 4.26. The van der Waals surface area contributed by atoms with Crippen molar-refractivity contribution in [3.8, 4) is 6.07 Å². The van der Waals surface area contributed by atoms with Gasteiger partial charge in [-0.3, -0.25) is 0 Å². The first kappa shape index (κ1) is 12.6. The number of aromatic nitrogens is 2. The molecule has 4 nitrogen and oxygen atoms in total. The molecule has 2 rings (SSSR count). The fraction of sp³-hybridized carbons (Fsp3) is 0.0833. The van der Waals surface area contributed by atoms with Gasteiger partial charge in [0.1, 0.15) is 11.9 Å². The molecule has 2 aromatic rings. The standard InChI is InChI=1S/C12H8Cl2N4/c1-18(11-4-5-16-12(14)17-11)9-3-2-8(7-15)10(13)6-9/h2-6H,1H3. The number of anilines is 2. The van der Waals surface area contributed by atoms with Crippen LogP contribution in [0.15, 0.2) is 30.5 Å². The molecule has 0 saturated carbocycles. The number of benzene rings is 1. The highest BCUT2D eigenvalue weighted by Gasteiger charge is 2.08. The van der Waals surface area contributed by atoms with Crippen LogP contribution in [-0.4, -0.2) is 17.0 Å². The lowest BCUT2D eigenvalue weighted by Gasteiger charge is -2.18. The van der Waals surface area contributed by atoms with Gasteiger partial charge in [-0.25, -0.2) is 9.97 Å². The molecule has 1 aromatic carbocycles. The summed E-state index contributed by atoms with van der Waals surface area (Å²) in [4.78, 5) is 9.72. The van der Waals surface area contributed by atoms with Crippen molar-refractivity contribution in [2.75, 3.05) is 11.9 Å². The van der Waals surface area contributed by atoms with Crippen molar-refractivity contribution in [1.82, 2.24) is 9.97 Å². The zero-order valence-corrected chi connectivity index (χ0v) is 10.9. The van der Waals surface area contributed by atoms with E-state index in [0.29, 0.717) is 16.4 Å². The molecular weight excluding hydrogens is 271 g/mol. The number of halogens is 2. The van der Waals surface area contributed by atoms with Crippen LogP contribution in [0.4, 0.5) is 11.5 Å². The Balaban J connectivity index is 2.38. The summed E-state index contributed by atoms with van der Waals surface area (Å²) in [5.41, 5.74) is 1.25. The maximum absolute atomic E-state index is 8.82. The molecule has 0 fully saturated rings. The summed E-state index contributed by atoms with van der Waals surface area (Å²) in [6.07, 6.45) is 1.58. The van der Waals surface area contributed by atoms with Gasteiger partial charge in [-0.15, -0.1) is 0 Å². The van der Waals surface area contributed by atoms with Crippen LogP contribution in [-0.2, 0) is 0 Å². The first-order valence-corrected chi connectivity index (χ1v) is 5.79. The fourth-order valence-corrected chi connectivity index (χ4v) is 1.81. The second-order valence-electron chi connectivity index (χ2n) is 3.52. The summed E-state index contributed by atoms with van der Waals surface area (Å²) >= 11 is 11.7. The van der Waals surface area contributed by atoms with Gasteiger partial charge in [0.15, 0.2) is 0 Å². The van der Waals surface area contributed by atoms with E-state index in [1.165, 1.54) is 0 Å². The van der Waals surface area contributed by atoms with E-state index < -0.39 is 0 Å². The van der Waals surface area contributed by atoms with Crippen LogP contribution in [0.2, 0.25) is 10.3 Å². The van der Waals surface area contributed by atoms with E-state index in [9.17, 15) is 0 Å². The lowest BCUT2D eigenvalue weighted by atomic mass is 10.2. The summed E-state index contributed by atoms with van der Waals surface area (Å²) < 4.78 is 0. The summed E-state index contributed by atoms with van der Waals surface area (Å²) in [6.45, 7) is 0. The minimum Gasteiger partial charge on any atom is -0.329 e. The van der Waals surface area contributed by atoms with Crippen molar-refractivity contribution in [1.29, 1.82) is 5.26 Å². The molecule has 0 bridgehead atoms. The van der Waals surface area contributed by atoms with Gasteiger partial charge < -0.3 is 4.90 Å². The van der Waals surface area contributed by atoms with Crippen LogP contribution < -0.4 is 4.90 Å². The molecule has 0 atom stereocenters. The van der Waals surface area contributed by atoms with E-state index in [1.807, 2.05) is 13.1 Å². The van der Waals surface area contributed by atoms with Crippen molar-refractivity contribution in [3.05, 3.63) is 46.3 Å². The topological polar surface area (TPSA) is 52.8 Å². The highest BCUT2D eigenvalue weighted by atomic mass is 35.5. The van der Waals surface area contributed by atoms with E-state index >= 15 is 0 Å². The van der Waals surface area contributed by atoms with E-state index in [2.05, 4.69) is 9.97 Å². The molecule has 0 spiro atoms. The molecule has 0 unspecified atom stereocenters. The minimum atomic E-state index is 0.180. The van der Waals surface area contributed by atoms with E-state index in [4.69, 9.17) is 28.5 Å². The van der Waals surface area contributed by atoms with E-state index in [1.54, 1.807) is 35.4 Å². The van der Waals surface area contributed by atoms with Gasteiger partial charge in [0.05, 0.1) is 10.6 Å². The number of rotatable bonds is 2. The van der Waals surface area contributed by atoms with Crippen LogP contribution in [0.5, 0.6) is 0 Å². The van der Waals surface area contributed by atoms with Gasteiger partial charge >= 0.3 is 0 Å². The van der Waals surface area contributed by atoms with Gasteiger partial charge in [0.25, 0.3) is 0 Å². The number of nitrogens with zero attached hydrogens (tertiary/aromatic N) is 4. The Morgan fingerprint density at radius 1 is 1.28 bits per heavy atom. The van der Waals surface area contributed by atoms with E-state index in [-0.39, 0.29) is 5.28 Å². The zero-order chi connectivity index (χ0) is 13.1. The third kappa shape index (κ3) is 2.53. The van der Waals surface area contributed by atoms with Crippen molar-refractivity contribution in [2.45, 2.75) is 0 Å². The molecule has 0 aliphatic rings. The third-order valence-electron chi connectivity index (χ3n) is 2.42. The molecule has 0 N–H and O–H groups in total. The largest absolute Gasteiger partial charge is 0.329 e. The van der Waals surface area contributed by atoms with Gasteiger partial charge in [-0.2, -0.15) is 5.26 Å². The minimum absolute atomic E-state index is 0.180. The van der Waals surface area contributed by atoms with E-state index in [0.717, 1.165) is 5.69 Å². The fourth-order valence-electron chi connectivity index (χ4n) is 1.45. The molecule has 0 aliphatic carbocycles. The quantitative estimate of drug-likeness (QED) is 0.790. The monoisotopic (exact) mass is 278 g/mol. The SMILES string of the molecule is CN(c1ccc(C#N)c(Cl)c1)c1ccnc(Cl)n1. The Morgan fingerprint density at radius 3 is 2.67 bits per heavy atom. The van der Waals surface area contributed by atoms with Gasteiger partial charge in [0.2, 0.25) is 5.28 Å². The maximum Gasteiger partial charge on any atom is 0.224 e. The summed E-state index contributed by atoms with van der Waals surface area (Å²) in [6, 6.07) is 8.91. The van der Waals surface area contributed by atoms with Crippen molar-refractivity contribution >= 4 is 34.7 Å². The number of nitriles is 1. The van der Waals surface area contributed by atoms with Gasteiger partial charge in [-0.1, -0.05) is 11.6 Å². The molecule has 6 heteroatoms. The first-order chi connectivity index (χ1) is 8.61. The summed E-state index contributed by atoms with van der Waals surface area (Å²) in [5, 5.41) is 9.40. The summed E-state index contributed by atoms with van der Waals surface area (Å²) in [7, 11) is 1.83. The maximum atomic E-state index is 8.82. The van der Waals surface area contributed by atoms with Crippen LogP contribution >= 0.6 is 23.2 Å². The molecule has 0 saturated heterocycles. The lowest BCUT2D eigenvalue weighted by molar-refractivity contribution is 1.08. The molecule has 0 radical (unpaired) electrons. The Hall–Kier alpha value is -1.83. The average Bonchev–Trinajstić information content (AvgIpc) is 2.37. The predicted molar refractivity (Wildman–Crippen MR) is 71.3 cm³/mol. The molecular formula is C12H8Cl2N4. The Morgan fingerprint density at radius 2 is 2.06 bits per heavy atom. The highest BCUT2D eigenvalue weighted by Crippen LogP contribution is 2.26. The molecule has 1 aromatic heterocycles. The van der Waals surface area contributed by atoms with Crippen LogP contribution in [0.3, 0.4) is 0 Å². The van der Waals surface area contributed by atoms with Crippen LogP contribution in [0.25, 0.3) is 0 Å². The zero-order valence-electron chi connectivity index (χ0n) is 9.43. The predicted octanol–water partition coefficient (Wildman–Crippen LogP) is 3.42. The third-order valence-corrected chi connectivity index (χ3v) is 2.91. The highest BCUT2D eigenvalue weighted by molar-refractivity contribution is 6.32. The lowest BCUT2D eigenvalue weighted by Crippen LogP contribution is -2.11. The Bertz CT molecular complexity index is 622. The smallest absolute Gasteiger partial charge is 0.224 e. The summed E-state index contributed by atoms with van der Waals surface area (Å²) in [5.74, 6) is 0.649. The molecule has 18 heavy (non-hydrogen) atoms. The Labute approximate surface area is 114 Å². The molecule has 90 valence electrons. The molecule has 0 aliphatic heterocycles. The Kier molecular flexibility index (Phi) is 3.66. The van der Waals surface area contributed by atoms with Crippen molar-refractivity contribution in [2.24, 2.45) is 0 Å².